The molecule has 4 aromatic rings. The largest absolute Gasteiger partial charge is 0.310 e. The topological polar surface area (TPSA) is 3.24 Å². The fourth-order valence-corrected chi connectivity index (χ4v) is 4.73. The molecule has 4 aromatic carbocycles. The standard InChI is InChI=1S/C31H29N/c1-24(26-11-4-2-5-12-26)23-25-19-21-29(22-20-25)32(28-15-6-3-7-16-28)31-18-10-14-27-13-8-9-17-30(27)31/h2-7,10-12,14-16,18-23H,8-9,13,17H2,1H3/b24-23+. The molecular formula is C31H29N. The van der Waals surface area contributed by atoms with Crippen molar-refractivity contribution in [3.05, 3.63) is 125 Å². The molecule has 0 bridgehead atoms. The number of aryl methyl sites for hydroxylation is 1. The highest BCUT2D eigenvalue weighted by molar-refractivity contribution is 5.82. The molecule has 0 saturated heterocycles. The smallest absolute Gasteiger partial charge is 0.0496 e. The zero-order valence-electron chi connectivity index (χ0n) is 18.7. The lowest BCUT2D eigenvalue weighted by molar-refractivity contribution is 0.686. The highest BCUT2D eigenvalue weighted by atomic mass is 15.1. The van der Waals surface area contributed by atoms with Gasteiger partial charge in [-0.05, 0) is 90.8 Å². The van der Waals surface area contributed by atoms with Gasteiger partial charge in [0.2, 0.25) is 0 Å². The summed E-state index contributed by atoms with van der Waals surface area (Å²) in [5.41, 5.74) is 10.5. The minimum absolute atomic E-state index is 1.16. The van der Waals surface area contributed by atoms with Crippen LogP contribution in [0.1, 0.15) is 42.0 Å². The van der Waals surface area contributed by atoms with E-state index in [4.69, 9.17) is 0 Å². The quantitative estimate of drug-likeness (QED) is 0.295. The van der Waals surface area contributed by atoms with Crippen LogP contribution in [0.3, 0.4) is 0 Å². The number of allylic oxidation sites excluding steroid dienone is 1. The van der Waals surface area contributed by atoms with Gasteiger partial charge >= 0.3 is 0 Å². The molecule has 0 unspecified atom stereocenters. The van der Waals surface area contributed by atoms with Crippen molar-refractivity contribution >= 4 is 28.7 Å². The highest BCUT2D eigenvalue weighted by Crippen LogP contribution is 2.39. The van der Waals surface area contributed by atoms with Crippen molar-refractivity contribution in [2.24, 2.45) is 0 Å². The van der Waals surface area contributed by atoms with Crippen molar-refractivity contribution in [2.75, 3.05) is 4.90 Å². The average molecular weight is 416 g/mol. The summed E-state index contributed by atoms with van der Waals surface area (Å²) in [5.74, 6) is 0. The lowest BCUT2D eigenvalue weighted by Crippen LogP contribution is -2.15. The zero-order chi connectivity index (χ0) is 21.8. The van der Waals surface area contributed by atoms with Gasteiger partial charge in [-0.2, -0.15) is 0 Å². The lowest BCUT2D eigenvalue weighted by Gasteiger charge is -2.30. The molecule has 1 heteroatoms. The number of rotatable bonds is 5. The first kappa shape index (κ1) is 20.3. The Morgan fingerprint density at radius 1 is 0.656 bits per heavy atom. The fourth-order valence-electron chi connectivity index (χ4n) is 4.73. The number of nitrogens with zero attached hydrogens (tertiary/aromatic N) is 1. The van der Waals surface area contributed by atoms with E-state index in [9.17, 15) is 0 Å². The Bertz CT molecular complexity index is 1200. The molecule has 0 atom stereocenters. The van der Waals surface area contributed by atoms with Gasteiger partial charge in [0.15, 0.2) is 0 Å². The Kier molecular flexibility index (Phi) is 5.89. The summed E-state index contributed by atoms with van der Waals surface area (Å²) in [6.45, 7) is 2.18. The first-order valence-electron chi connectivity index (χ1n) is 11.6. The van der Waals surface area contributed by atoms with E-state index in [1.54, 1.807) is 0 Å². The maximum Gasteiger partial charge on any atom is 0.0496 e. The Balaban J connectivity index is 1.54. The molecule has 0 aromatic heterocycles. The van der Waals surface area contributed by atoms with Crippen LogP contribution in [0, 0.1) is 0 Å². The molecule has 0 spiro atoms. The van der Waals surface area contributed by atoms with E-state index in [0.717, 1.165) is 6.42 Å². The second kappa shape index (κ2) is 9.28. The molecular weight excluding hydrogens is 386 g/mol. The van der Waals surface area contributed by atoms with Gasteiger partial charge in [0.25, 0.3) is 0 Å². The van der Waals surface area contributed by atoms with Crippen LogP contribution in [-0.4, -0.2) is 0 Å². The summed E-state index contributed by atoms with van der Waals surface area (Å²) in [5, 5.41) is 0. The van der Waals surface area contributed by atoms with Crippen molar-refractivity contribution in [1.82, 2.24) is 0 Å². The molecule has 0 N–H and O–H groups in total. The number of fused-ring (bicyclic) bond motifs is 1. The van der Waals surface area contributed by atoms with Crippen LogP contribution >= 0.6 is 0 Å². The second-order valence-electron chi connectivity index (χ2n) is 8.58. The summed E-state index contributed by atoms with van der Waals surface area (Å²) < 4.78 is 0. The molecule has 1 aliphatic rings. The molecule has 0 radical (unpaired) electrons. The maximum absolute atomic E-state index is 2.42. The van der Waals surface area contributed by atoms with Crippen molar-refractivity contribution < 1.29 is 0 Å². The van der Waals surface area contributed by atoms with Crippen molar-refractivity contribution in [1.29, 1.82) is 0 Å². The average Bonchev–Trinajstić information content (AvgIpc) is 2.86. The molecule has 0 aliphatic heterocycles. The van der Waals surface area contributed by atoms with Gasteiger partial charge in [0.1, 0.15) is 0 Å². The summed E-state index contributed by atoms with van der Waals surface area (Å²) in [4.78, 5) is 2.42. The third-order valence-electron chi connectivity index (χ3n) is 6.39. The molecule has 5 rings (SSSR count). The summed E-state index contributed by atoms with van der Waals surface area (Å²) >= 11 is 0. The van der Waals surface area contributed by atoms with E-state index >= 15 is 0 Å². The van der Waals surface area contributed by atoms with E-state index < -0.39 is 0 Å². The summed E-state index contributed by atoms with van der Waals surface area (Å²) in [6, 6.07) is 37.1. The van der Waals surface area contributed by atoms with E-state index in [0.29, 0.717) is 0 Å². The van der Waals surface area contributed by atoms with Crippen LogP contribution in [0.25, 0.3) is 11.6 Å². The number of anilines is 3. The number of hydrogen-bond acceptors (Lipinski definition) is 1. The summed E-state index contributed by atoms with van der Waals surface area (Å²) in [7, 11) is 0. The predicted octanol–water partition coefficient (Wildman–Crippen LogP) is 8.60. The first-order valence-corrected chi connectivity index (χ1v) is 11.6. The minimum atomic E-state index is 1.16. The first-order chi connectivity index (χ1) is 15.8. The normalized spacial score (nSPS) is 13.5. The Morgan fingerprint density at radius 2 is 1.31 bits per heavy atom. The van der Waals surface area contributed by atoms with Gasteiger partial charge in [-0.25, -0.2) is 0 Å². The van der Waals surface area contributed by atoms with Crippen molar-refractivity contribution in [2.45, 2.75) is 32.6 Å². The highest BCUT2D eigenvalue weighted by Gasteiger charge is 2.19. The van der Waals surface area contributed by atoms with E-state index in [1.807, 2.05) is 0 Å². The monoisotopic (exact) mass is 415 g/mol. The molecule has 0 heterocycles. The second-order valence-corrected chi connectivity index (χ2v) is 8.58. The maximum atomic E-state index is 2.42. The van der Waals surface area contributed by atoms with Crippen LogP contribution in [0.5, 0.6) is 0 Å². The lowest BCUT2D eigenvalue weighted by atomic mass is 9.90. The van der Waals surface area contributed by atoms with Gasteiger partial charge < -0.3 is 4.90 Å². The summed E-state index contributed by atoms with van der Waals surface area (Å²) in [6.07, 6.45) is 7.18. The number of benzene rings is 4. The van der Waals surface area contributed by atoms with E-state index in [1.165, 1.54) is 64.2 Å². The van der Waals surface area contributed by atoms with Crippen LogP contribution in [-0.2, 0) is 12.8 Å². The SMILES string of the molecule is C/C(=C\c1ccc(N(c2ccccc2)c2cccc3c2CCCC3)cc1)c1ccccc1. The van der Waals surface area contributed by atoms with Crippen LogP contribution in [0.15, 0.2) is 103 Å². The van der Waals surface area contributed by atoms with E-state index in [-0.39, 0.29) is 0 Å². The molecule has 32 heavy (non-hydrogen) atoms. The minimum Gasteiger partial charge on any atom is -0.310 e. The Labute approximate surface area is 191 Å². The van der Waals surface area contributed by atoms with Gasteiger partial charge in [-0.1, -0.05) is 78.9 Å². The zero-order valence-corrected chi connectivity index (χ0v) is 18.7. The Hall–Kier alpha value is -3.58. The fraction of sp³-hybridized carbons (Fsp3) is 0.161. The van der Waals surface area contributed by atoms with E-state index in [2.05, 4.69) is 121 Å². The third-order valence-corrected chi connectivity index (χ3v) is 6.39. The third kappa shape index (κ3) is 4.24. The number of para-hydroxylation sites is 1. The van der Waals surface area contributed by atoms with Gasteiger partial charge in [-0.15, -0.1) is 0 Å². The van der Waals surface area contributed by atoms with Gasteiger partial charge in [0, 0.05) is 17.1 Å². The predicted molar refractivity (Wildman–Crippen MR) is 138 cm³/mol. The molecule has 0 saturated carbocycles. The van der Waals surface area contributed by atoms with Crippen LogP contribution in [0.4, 0.5) is 17.1 Å². The molecule has 1 nitrogen and oxygen atoms in total. The molecule has 158 valence electrons. The Morgan fingerprint density at radius 3 is 2.06 bits per heavy atom. The van der Waals surface area contributed by atoms with Crippen LogP contribution < -0.4 is 4.90 Å². The van der Waals surface area contributed by atoms with Gasteiger partial charge in [-0.3, -0.25) is 0 Å². The van der Waals surface area contributed by atoms with Gasteiger partial charge in [0.05, 0.1) is 0 Å². The molecule has 0 fully saturated rings. The van der Waals surface area contributed by atoms with Crippen molar-refractivity contribution in [3.63, 3.8) is 0 Å². The molecule has 0 amide bonds. The molecule has 1 aliphatic carbocycles. The van der Waals surface area contributed by atoms with Crippen molar-refractivity contribution in [3.8, 4) is 0 Å². The number of hydrogen-bond donors (Lipinski definition) is 0. The van der Waals surface area contributed by atoms with Crippen LogP contribution in [0.2, 0.25) is 0 Å².